The maximum Gasteiger partial charge on any atom is 0.223 e. The SMILES string of the molecule is CNc1nc(C=Cc2ccccc2)cc(-c2ccc(F)c3ccccc23)n1. The van der Waals surface area contributed by atoms with Gasteiger partial charge in [0.15, 0.2) is 0 Å². The van der Waals surface area contributed by atoms with Gasteiger partial charge in [-0.1, -0.05) is 60.7 Å². The predicted molar refractivity (Wildman–Crippen MR) is 110 cm³/mol. The largest absolute Gasteiger partial charge is 0.357 e. The molecule has 0 aliphatic carbocycles. The van der Waals surface area contributed by atoms with Gasteiger partial charge in [0.25, 0.3) is 0 Å². The Hall–Kier alpha value is -3.53. The third-order valence-corrected chi connectivity index (χ3v) is 4.36. The first-order chi connectivity index (χ1) is 13.2. The second-order valence-corrected chi connectivity index (χ2v) is 6.14. The molecule has 0 bridgehead atoms. The fourth-order valence-electron chi connectivity index (χ4n) is 3.03. The summed E-state index contributed by atoms with van der Waals surface area (Å²) >= 11 is 0. The summed E-state index contributed by atoms with van der Waals surface area (Å²) in [5, 5.41) is 4.42. The van der Waals surface area contributed by atoms with Gasteiger partial charge >= 0.3 is 0 Å². The molecule has 4 heteroatoms. The van der Waals surface area contributed by atoms with Gasteiger partial charge in [0.1, 0.15) is 5.82 Å². The Balaban J connectivity index is 1.82. The number of anilines is 1. The minimum Gasteiger partial charge on any atom is -0.357 e. The molecule has 0 aliphatic heterocycles. The lowest BCUT2D eigenvalue weighted by molar-refractivity contribution is 0.640. The van der Waals surface area contributed by atoms with Crippen molar-refractivity contribution in [2.24, 2.45) is 0 Å². The van der Waals surface area contributed by atoms with Crippen LogP contribution in [-0.4, -0.2) is 17.0 Å². The highest BCUT2D eigenvalue weighted by molar-refractivity contribution is 5.96. The van der Waals surface area contributed by atoms with Gasteiger partial charge in [-0.25, -0.2) is 14.4 Å². The molecule has 0 radical (unpaired) electrons. The lowest BCUT2D eigenvalue weighted by atomic mass is 10.0. The number of hydrogen-bond donors (Lipinski definition) is 1. The van der Waals surface area contributed by atoms with E-state index < -0.39 is 0 Å². The van der Waals surface area contributed by atoms with Crippen LogP contribution in [0.15, 0.2) is 72.8 Å². The van der Waals surface area contributed by atoms with E-state index >= 15 is 0 Å². The van der Waals surface area contributed by atoms with Crippen molar-refractivity contribution >= 4 is 28.9 Å². The lowest BCUT2D eigenvalue weighted by Crippen LogP contribution is -2.00. The van der Waals surface area contributed by atoms with Gasteiger partial charge in [-0.05, 0) is 35.2 Å². The Morgan fingerprint density at radius 1 is 0.815 bits per heavy atom. The Morgan fingerprint density at radius 2 is 1.56 bits per heavy atom. The van der Waals surface area contributed by atoms with Gasteiger partial charge in [-0.15, -0.1) is 0 Å². The van der Waals surface area contributed by atoms with Crippen molar-refractivity contribution in [3.05, 3.63) is 89.9 Å². The Morgan fingerprint density at radius 3 is 2.33 bits per heavy atom. The summed E-state index contributed by atoms with van der Waals surface area (Å²) < 4.78 is 14.2. The molecule has 0 saturated carbocycles. The van der Waals surface area contributed by atoms with E-state index in [1.807, 2.05) is 66.7 Å². The summed E-state index contributed by atoms with van der Waals surface area (Å²) in [7, 11) is 1.78. The van der Waals surface area contributed by atoms with Crippen LogP contribution >= 0.6 is 0 Å². The van der Waals surface area contributed by atoms with E-state index in [9.17, 15) is 4.39 Å². The Bertz CT molecular complexity index is 1120. The van der Waals surface area contributed by atoms with Gasteiger partial charge < -0.3 is 5.32 Å². The molecule has 0 aliphatic rings. The first-order valence-electron chi connectivity index (χ1n) is 8.72. The van der Waals surface area contributed by atoms with Crippen LogP contribution in [0.1, 0.15) is 11.3 Å². The van der Waals surface area contributed by atoms with Gasteiger partial charge in [-0.2, -0.15) is 0 Å². The predicted octanol–water partition coefficient (Wildman–Crippen LogP) is 5.65. The van der Waals surface area contributed by atoms with Crippen LogP contribution in [0.4, 0.5) is 10.3 Å². The average Bonchev–Trinajstić information content (AvgIpc) is 2.73. The highest BCUT2D eigenvalue weighted by atomic mass is 19.1. The molecule has 3 aromatic carbocycles. The first kappa shape index (κ1) is 16.9. The van der Waals surface area contributed by atoms with Crippen molar-refractivity contribution in [1.82, 2.24) is 9.97 Å². The monoisotopic (exact) mass is 355 g/mol. The minimum absolute atomic E-state index is 0.235. The van der Waals surface area contributed by atoms with Gasteiger partial charge in [0, 0.05) is 18.0 Å². The van der Waals surface area contributed by atoms with Crippen LogP contribution in [0.3, 0.4) is 0 Å². The molecule has 0 atom stereocenters. The van der Waals surface area contributed by atoms with Crippen LogP contribution in [0.2, 0.25) is 0 Å². The topological polar surface area (TPSA) is 37.8 Å². The fraction of sp³-hybridized carbons (Fsp3) is 0.0435. The summed E-state index contributed by atoms with van der Waals surface area (Å²) in [5.41, 5.74) is 3.50. The number of nitrogens with zero attached hydrogens (tertiary/aromatic N) is 2. The van der Waals surface area contributed by atoms with Crippen molar-refractivity contribution in [3.63, 3.8) is 0 Å². The van der Waals surface area contributed by atoms with Crippen molar-refractivity contribution in [1.29, 1.82) is 0 Å². The third kappa shape index (κ3) is 3.55. The van der Waals surface area contributed by atoms with Gasteiger partial charge in [0.05, 0.1) is 11.4 Å². The van der Waals surface area contributed by atoms with E-state index in [4.69, 9.17) is 0 Å². The second-order valence-electron chi connectivity index (χ2n) is 6.14. The zero-order valence-electron chi connectivity index (χ0n) is 14.9. The van der Waals surface area contributed by atoms with Crippen LogP contribution in [0, 0.1) is 5.82 Å². The zero-order chi connectivity index (χ0) is 18.6. The zero-order valence-corrected chi connectivity index (χ0v) is 14.9. The third-order valence-electron chi connectivity index (χ3n) is 4.36. The molecule has 0 amide bonds. The summed E-state index contributed by atoms with van der Waals surface area (Å²) in [6.45, 7) is 0. The van der Waals surface area contributed by atoms with Gasteiger partial charge in [-0.3, -0.25) is 0 Å². The average molecular weight is 355 g/mol. The molecular formula is C23H18FN3. The normalized spacial score (nSPS) is 11.2. The van der Waals surface area contributed by atoms with E-state index in [2.05, 4.69) is 15.3 Å². The summed E-state index contributed by atoms with van der Waals surface area (Å²) in [4.78, 5) is 9.09. The number of fused-ring (bicyclic) bond motifs is 1. The molecule has 132 valence electrons. The number of aromatic nitrogens is 2. The van der Waals surface area contributed by atoms with Gasteiger partial charge in [0.2, 0.25) is 5.95 Å². The number of benzene rings is 3. The van der Waals surface area contributed by atoms with E-state index in [1.54, 1.807) is 19.2 Å². The van der Waals surface area contributed by atoms with Crippen LogP contribution < -0.4 is 5.32 Å². The molecule has 1 N–H and O–H groups in total. The van der Waals surface area contributed by atoms with E-state index in [-0.39, 0.29) is 5.82 Å². The summed E-state index contributed by atoms with van der Waals surface area (Å²) in [6.07, 6.45) is 3.96. The maximum absolute atomic E-state index is 14.2. The highest BCUT2D eigenvalue weighted by Crippen LogP contribution is 2.30. The number of halogens is 1. The quantitative estimate of drug-likeness (QED) is 0.514. The van der Waals surface area contributed by atoms with E-state index in [1.165, 1.54) is 6.07 Å². The molecule has 4 rings (SSSR count). The Labute approximate surface area is 157 Å². The summed E-state index contributed by atoms with van der Waals surface area (Å²) in [6, 6.07) is 22.6. The molecule has 3 nitrogen and oxygen atoms in total. The standard InChI is InChI=1S/C23H18FN3/c1-25-23-26-17(12-11-16-7-3-2-4-8-16)15-22(27-23)20-13-14-21(24)19-10-6-5-9-18(19)20/h2-15H,1H3,(H,25,26,27). The smallest absolute Gasteiger partial charge is 0.223 e. The van der Waals surface area contributed by atoms with Crippen LogP contribution in [0.25, 0.3) is 34.2 Å². The van der Waals surface area contributed by atoms with E-state index in [0.29, 0.717) is 11.3 Å². The molecule has 1 aromatic heterocycles. The minimum atomic E-state index is -0.235. The van der Waals surface area contributed by atoms with E-state index in [0.717, 1.165) is 27.9 Å². The molecule has 0 saturated heterocycles. The molecule has 0 spiro atoms. The molecule has 0 unspecified atom stereocenters. The van der Waals surface area contributed by atoms with Crippen LogP contribution in [0.5, 0.6) is 0 Å². The van der Waals surface area contributed by atoms with Crippen molar-refractivity contribution < 1.29 is 4.39 Å². The number of nitrogens with one attached hydrogen (secondary N) is 1. The molecular weight excluding hydrogens is 337 g/mol. The number of hydrogen-bond acceptors (Lipinski definition) is 3. The van der Waals surface area contributed by atoms with Crippen molar-refractivity contribution in [3.8, 4) is 11.3 Å². The van der Waals surface area contributed by atoms with Crippen LogP contribution in [-0.2, 0) is 0 Å². The number of rotatable bonds is 4. The fourth-order valence-corrected chi connectivity index (χ4v) is 3.03. The highest BCUT2D eigenvalue weighted by Gasteiger charge is 2.10. The molecule has 27 heavy (non-hydrogen) atoms. The first-order valence-corrected chi connectivity index (χ1v) is 8.72. The maximum atomic E-state index is 14.2. The molecule has 4 aromatic rings. The van der Waals surface area contributed by atoms with Crippen molar-refractivity contribution in [2.75, 3.05) is 12.4 Å². The second kappa shape index (κ2) is 7.38. The molecule has 1 heterocycles. The summed E-state index contributed by atoms with van der Waals surface area (Å²) in [5.74, 6) is 0.287. The lowest BCUT2D eigenvalue weighted by Gasteiger charge is -2.09. The molecule has 0 fully saturated rings. The van der Waals surface area contributed by atoms with Crippen molar-refractivity contribution in [2.45, 2.75) is 0 Å². The Kier molecular flexibility index (Phi) is 4.62.